The van der Waals surface area contributed by atoms with Crippen LogP contribution in [0.4, 0.5) is 0 Å². The minimum Gasteiger partial charge on any atom is -0.462 e. The third-order valence-electron chi connectivity index (χ3n) is 7.30. The Labute approximate surface area is 271 Å². The van der Waals surface area contributed by atoms with Crippen molar-refractivity contribution in [2.45, 2.75) is 161 Å². The molecular formula is C39H66O5. The smallest absolute Gasteiger partial charge is 0.306 e. The number of hydrogen-bond donors (Lipinski definition) is 1. The van der Waals surface area contributed by atoms with Gasteiger partial charge in [-0.15, -0.1) is 0 Å². The van der Waals surface area contributed by atoms with Gasteiger partial charge in [-0.2, -0.15) is 0 Å². The molecule has 0 amide bonds. The highest BCUT2D eigenvalue weighted by Crippen LogP contribution is 2.11. The molecule has 0 bridgehead atoms. The summed E-state index contributed by atoms with van der Waals surface area (Å²) < 4.78 is 10.6. The second-order valence-corrected chi connectivity index (χ2v) is 11.6. The van der Waals surface area contributed by atoms with Gasteiger partial charge in [0.25, 0.3) is 0 Å². The summed E-state index contributed by atoms with van der Waals surface area (Å²) in [5.74, 6) is -0.633. The van der Waals surface area contributed by atoms with Gasteiger partial charge in [0.2, 0.25) is 0 Å². The zero-order chi connectivity index (χ0) is 32.2. The van der Waals surface area contributed by atoms with Crippen molar-refractivity contribution in [3.8, 4) is 0 Å². The van der Waals surface area contributed by atoms with Crippen LogP contribution in [-0.2, 0) is 19.1 Å². The number of aliphatic hydroxyl groups is 1. The summed E-state index contributed by atoms with van der Waals surface area (Å²) in [6.45, 7) is 3.95. The summed E-state index contributed by atoms with van der Waals surface area (Å²) >= 11 is 0. The molecule has 0 aromatic rings. The lowest BCUT2D eigenvalue weighted by Gasteiger charge is -2.15. The number of unbranched alkanes of at least 4 members (excludes halogenated alkanes) is 13. The topological polar surface area (TPSA) is 72.8 Å². The van der Waals surface area contributed by atoms with E-state index in [0.717, 1.165) is 89.9 Å². The second kappa shape index (κ2) is 35.1. The van der Waals surface area contributed by atoms with Crippen molar-refractivity contribution in [1.29, 1.82) is 0 Å². The van der Waals surface area contributed by atoms with Crippen LogP contribution in [0.2, 0.25) is 0 Å². The lowest BCUT2D eigenvalue weighted by atomic mass is 10.1. The number of aliphatic hydroxyl groups excluding tert-OH is 1. The highest BCUT2D eigenvalue weighted by atomic mass is 16.6. The van der Waals surface area contributed by atoms with E-state index < -0.39 is 6.10 Å². The van der Waals surface area contributed by atoms with Crippen LogP contribution in [0.3, 0.4) is 0 Å². The fraction of sp³-hybridized carbons (Fsp3) is 0.692. The van der Waals surface area contributed by atoms with E-state index in [1.165, 1.54) is 38.5 Å². The molecule has 0 aliphatic heterocycles. The van der Waals surface area contributed by atoms with Gasteiger partial charge >= 0.3 is 11.9 Å². The number of rotatable bonds is 31. The van der Waals surface area contributed by atoms with E-state index in [1.54, 1.807) is 0 Å². The first-order chi connectivity index (χ1) is 21.6. The van der Waals surface area contributed by atoms with Crippen LogP contribution in [0, 0.1) is 0 Å². The van der Waals surface area contributed by atoms with Crippen molar-refractivity contribution in [3.05, 3.63) is 60.8 Å². The van der Waals surface area contributed by atoms with Crippen LogP contribution in [0.25, 0.3) is 0 Å². The van der Waals surface area contributed by atoms with Crippen molar-refractivity contribution in [1.82, 2.24) is 0 Å². The zero-order valence-corrected chi connectivity index (χ0v) is 28.4. The third-order valence-corrected chi connectivity index (χ3v) is 7.30. The van der Waals surface area contributed by atoms with Gasteiger partial charge in [-0.25, -0.2) is 0 Å². The minimum atomic E-state index is -0.787. The summed E-state index contributed by atoms with van der Waals surface area (Å²) in [5, 5.41) is 9.52. The van der Waals surface area contributed by atoms with Gasteiger partial charge in [-0.3, -0.25) is 9.59 Å². The molecule has 0 aromatic carbocycles. The Bertz CT molecular complexity index is 792. The molecule has 0 fully saturated rings. The molecule has 0 aliphatic rings. The predicted molar refractivity (Wildman–Crippen MR) is 187 cm³/mol. The Morgan fingerprint density at radius 3 is 1.48 bits per heavy atom. The molecule has 0 saturated carbocycles. The van der Waals surface area contributed by atoms with Gasteiger partial charge in [0, 0.05) is 12.8 Å². The van der Waals surface area contributed by atoms with Crippen LogP contribution in [0.5, 0.6) is 0 Å². The number of allylic oxidation sites excluding steroid dienone is 10. The molecule has 0 saturated heterocycles. The maximum absolute atomic E-state index is 12.1. The molecule has 0 aromatic heterocycles. The van der Waals surface area contributed by atoms with Gasteiger partial charge in [-0.05, 0) is 77.0 Å². The quantitative estimate of drug-likeness (QED) is 0.0478. The highest BCUT2D eigenvalue weighted by Gasteiger charge is 2.16. The number of esters is 2. The van der Waals surface area contributed by atoms with Crippen molar-refractivity contribution in [2.24, 2.45) is 0 Å². The molecule has 44 heavy (non-hydrogen) atoms. The molecule has 0 rings (SSSR count). The summed E-state index contributed by atoms with van der Waals surface area (Å²) in [6.07, 6.45) is 44.1. The molecule has 0 radical (unpaired) electrons. The monoisotopic (exact) mass is 614 g/mol. The van der Waals surface area contributed by atoms with E-state index >= 15 is 0 Å². The summed E-state index contributed by atoms with van der Waals surface area (Å²) in [7, 11) is 0. The van der Waals surface area contributed by atoms with Crippen LogP contribution < -0.4 is 0 Å². The van der Waals surface area contributed by atoms with E-state index in [4.69, 9.17) is 9.47 Å². The first-order valence-corrected chi connectivity index (χ1v) is 17.8. The maximum Gasteiger partial charge on any atom is 0.306 e. The first kappa shape index (κ1) is 41.6. The predicted octanol–water partition coefficient (Wildman–Crippen LogP) is 10.8. The molecule has 1 N–H and O–H groups in total. The Morgan fingerprint density at radius 1 is 0.545 bits per heavy atom. The third kappa shape index (κ3) is 32.5. The van der Waals surface area contributed by atoms with Crippen LogP contribution in [0.15, 0.2) is 60.8 Å². The van der Waals surface area contributed by atoms with Crippen LogP contribution in [0.1, 0.15) is 155 Å². The van der Waals surface area contributed by atoms with Gasteiger partial charge in [-0.1, -0.05) is 126 Å². The first-order valence-electron chi connectivity index (χ1n) is 17.8. The Morgan fingerprint density at radius 2 is 0.977 bits per heavy atom. The zero-order valence-electron chi connectivity index (χ0n) is 28.4. The van der Waals surface area contributed by atoms with Crippen molar-refractivity contribution in [3.63, 3.8) is 0 Å². The maximum atomic E-state index is 12.1. The van der Waals surface area contributed by atoms with E-state index in [1.807, 2.05) is 0 Å². The Hall–Kier alpha value is -2.40. The molecule has 252 valence electrons. The van der Waals surface area contributed by atoms with Crippen LogP contribution >= 0.6 is 0 Å². The van der Waals surface area contributed by atoms with E-state index in [-0.39, 0.29) is 25.2 Å². The molecular weight excluding hydrogens is 548 g/mol. The normalized spacial score (nSPS) is 12.9. The van der Waals surface area contributed by atoms with Gasteiger partial charge in [0.05, 0.1) is 6.61 Å². The lowest BCUT2D eigenvalue weighted by molar-refractivity contribution is -0.161. The highest BCUT2D eigenvalue weighted by molar-refractivity contribution is 5.70. The van der Waals surface area contributed by atoms with Gasteiger partial charge in [0.1, 0.15) is 6.61 Å². The molecule has 0 spiro atoms. The molecule has 5 nitrogen and oxygen atoms in total. The number of carbonyl (C=O) groups is 2. The summed E-state index contributed by atoms with van der Waals surface area (Å²) in [5.41, 5.74) is 0. The number of ether oxygens (including phenoxy) is 2. The molecule has 0 aliphatic carbocycles. The van der Waals surface area contributed by atoms with E-state index in [2.05, 4.69) is 74.6 Å². The largest absolute Gasteiger partial charge is 0.462 e. The molecule has 1 atom stereocenters. The Kier molecular flexibility index (Phi) is 33.2. The molecule has 5 heteroatoms. The fourth-order valence-corrected chi connectivity index (χ4v) is 4.60. The fourth-order valence-electron chi connectivity index (χ4n) is 4.60. The molecule has 0 heterocycles. The number of carbonyl (C=O) groups excluding carboxylic acids is 2. The average molecular weight is 615 g/mol. The summed E-state index contributed by atoms with van der Waals surface area (Å²) in [4.78, 5) is 24.2. The second-order valence-electron chi connectivity index (χ2n) is 11.6. The lowest BCUT2D eigenvalue weighted by Crippen LogP contribution is -2.28. The summed E-state index contributed by atoms with van der Waals surface area (Å²) in [6, 6.07) is 0. The standard InChI is InChI=1S/C39H66O5/c1-3-5-7-9-11-13-15-17-19-21-23-25-27-29-31-33-38(41)43-36-37(35-40)44-39(42)34-32-30-28-26-24-22-20-18-16-14-12-10-8-6-4-2/h6,8,11-14,17-20,37,40H,3-5,7,9-10,15-16,21-36H2,1-2H3/b8-6-,13-11-,14-12-,19-17-,20-18-/t37-/m1/s1. The van der Waals surface area contributed by atoms with Crippen LogP contribution in [-0.4, -0.2) is 36.4 Å². The SMILES string of the molecule is CC/C=C\C/C=C\C/C=C\CCCCCCCC(=O)O[C@H](CO)COC(=O)CCCCCCC/C=C\C/C=C\CCCCC. The van der Waals surface area contributed by atoms with Crippen molar-refractivity contribution >= 4 is 11.9 Å². The van der Waals surface area contributed by atoms with Crippen molar-refractivity contribution in [2.75, 3.05) is 13.2 Å². The number of hydrogen-bond acceptors (Lipinski definition) is 5. The van der Waals surface area contributed by atoms with E-state index in [9.17, 15) is 14.7 Å². The Balaban J connectivity index is 3.65. The van der Waals surface area contributed by atoms with Gasteiger partial charge < -0.3 is 14.6 Å². The molecule has 0 unspecified atom stereocenters. The average Bonchev–Trinajstić information content (AvgIpc) is 3.02. The van der Waals surface area contributed by atoms with Crippen molar-refractivity contribution < 1.29 is 24.2 Å². The minimum absolute atomic E-state index is 0.0828. The van der Waals surface area contributed by atoms with Gasteiger partial charge in [0.15, 0.2) is 6.10 Å². The van der Waals surface area contributed by atoms with E-state index in [0.29, 0.717) is 12.8 Å².